The fourth-order valence-corrected chi connectivity index (χ4v) is 2.14. The summed E-state index contributed by atoms with van der Waals surface area (Å²) >= 11 is 0. The van der Waals surface area contributed by atoms with Crippen LogP contribution in [0, 0.1) is 0 Å². The van der Waals surface area contributed by atoms with Crippen molar-refractivity contribution in [1.82, 2.24) is 10.2 Å². The molecule has 1 saturated carbocycles. The lowest BCUT2D eigenvalue weighted by molar-refractivity contribution is -0.144. The molecule has 1 fully saturated rings. The number of urea groups is 1. The van der Waals surface area contributed by atoms with E-state index >= 15 is 0 Å². The number of aliphatic carboxylic acids is 1. The van der Waals surface area contributed by atoms with Gasteiger partial charge in [-0.05, 0) is 26.2 Å². The van der Waals surface area contributed by atoms with Gasteiger partial charge in [0.2, 0.25) is 0 Å². The number of carbonyl (C=O) groups excluding carboxylic acids is 1. The first-order chi connectivity index (χ1) is 7.93. The Bertz CT molecular complexity index is 298. The lowest BCUT2D eigenvalue weighted by atomic mass is 9.98. The highest BCUT2D eigenvalue weighted by atomic mass is 16.4. The normalized spacial score (nSPS) is 19.7. The molecular weight excluding hydrogens is 220 g/mol. The quantitative estimate of drug-likeness (QED) is 0.790. The molecule has 1 aliphatic rings. The van der Waals surface area contributed by atoms with E-state index < -0.39 is 11.5 Å². The Kier molecular flexibility index (Phi) is 4.37. The Morgan fingerprint density at radius 3 is 2.35 bits per heavy atom. The van der Waals surface area contributed by atoms with Gasteiger partial charge in [0, 0.05) is 13.1 Å². The molecule has 1 atom stereocenters. The van der Waals surface area contributed by atoms with Gasteiger partial charge in [0.15, 0.2) is 0 Å². The Hall–Kier alpha value is -1.26. The highest BCUT2D eigenvalue weighted by Gasteiger charge is 2.43. The van der Waals surface area contributed by atoms with E-state index in [4.69, 9.17) is 0 Å². The van der Waals surface area contributed by atoms with E-state index in [1.54, 1.807) is 11.9 Å². The minimum atomic E-state index is -1.04. The maximum absolute atomic E-state index is 12.0. The second-order valence-electron chi connectivity index (χ2n) is 4.89. The topological polar surface area (TPSA) is 69.6 Å². The zero-order valence-electron chi connectivity index (χ0n) is 10.8. The number of carboxylic acid groups (broad SMARTS) is 1. The molecule has 5 heteroatoms. The van der Waals surface area contributed by atoms with E-state index in [0.29, 0.717) is 12.8 Å². The van der Waals surface area contributed by atoms with Crippen molar-refractivity contribution >= 4 is 12.0 Å². The van der Waals surface area contributed by atoms with Crippen LogP contribution in [-0.4, -0.2) is 40.6 Å². The minimum Gasteiger partial charge on any atom is -0.480 e. The fourth-order valence-electron chi connectivity index (χ4n) is 2.14. The summed E-state index contributed by atoms with van der Waals surface area (Å²) in [5, 5.41) is 12.0. The monoisotopic (exact) mass is 242 g/mol. The average Bonchev–Trinajstić information content (AvgIpc) is 2.76. The van der Waals surface area contributed by atoms with Crippen LogP contribution in [0.25, 0.3) is 0 Å². The molecule has 2 N–H and O–H groups in total. The van der Waals surface area contributed by atoms with Crippen LogP contribution in [0.3, 0.4) is 0 Å². The van der Waals surface area contributed by atoms with E-state index in [-0.39, 0.29) is 12.1 Å². The fraction of sp³-hybridized carbons (Fsp3) is 0.833. The van der Waals surface area contributed by atoms with Crippen molar-refractivity contribution in [2.75, 3.05) is 7.05 Å². The van der Waals surface area contributed by atoms with E-state index in [1.807, 2.05) is 13.8 Å². The maximum Gasteiger partial charge on any atom is 0.329 e. The first-order valence-electron chi connectivity index (χ1n) is 6.21. The molecule has 0 aromatic heterocycles. The first-order valence-corrected chi connectivity index (χ1v) is 6.21. The van der Waals surface area contributed by atoms with E-state index in [2.05, 4.69) is 5.32 Å². The van der Waals surface area contributed by atoms with Crippen molar-refractivity contribution < 1.29 is 14.7 Å². The minimum absolute atomic E-state index is 0.113. The number of hydrogen-bond acceptors (Lipinski definition) is 2. The second-order valence-corrected chi connectivity index (χ2v) is 4.89. The van der Waals surface area contributed by atoms with Gasteiger partial charge in [0.25, 0.3) is 0 Å². The molecule has 0 heterocycles. The lowest BCUT2D eigenvalue weighted by Gasteiger charge is -2.31. The van der Waals surface area contributed by atoms with Crippen molar-refractivity contribution in [3.8, 4) is 0 Å². The molecule has 1 rings (SSSR count). The molecule has 2 amide bonds. The van der Waals surface area contributed by atoms with Gasteiger partial charge in [0.1, 0.15) is 5.54 Å². The summed E-state index contributed by atoms with van der Waals surface area (Å²) in [6.45, 7) is 3.94. The Morgan fingerprint density at radius 2 is 1.94 bits per heavy atom. The van der Waals surface area contributed by atoms with Gasteiger partial charge in [-0.1, -0.05) is 19.8 Å². The summed E-state index contributed by atoms with van der Waals surface area (Å²) in [6, 6.07) is -0.175. The highest BCUT2D eigenvalue weighted by Crippen LogP contribution is 2.30. The predicted molar refractivity (Wildman–Crippen MR) is 64.9 cm³/mol. The van der Waals surface area contributed by atoms with Gasteiger partial charge < -0.3 is 15.3 Å². The lowest BCUT2D eigenvalue weighted by Crippen LogP contribution is -2.56. The van der Waals surface area contributed by atoms with Crippen LogP contribution in [-0.2, 0) is 4.79 Å². The van der Waals surface area contributed by atoms with Gasteiger partial charge in [0.05, 0.1) is 0 Å². The highest BCUT2D eigenvalue weighted by molar-refractivity contribution is 5.86. The maximum atomic E-state index is 12.0. The van der Waals surface area contributed by atoms with E-state index in [1.165, 1.54) is 0 Å². The number of nitrogens with zero attached hydrogens (tertiary/aromatic N) is 1. The molecule has 1 aliphatic carbocycles. The molecule has 17 heavy (non-hydrogen) atoms. The molecule has 0 aromatic carbocycles. The Labute approximate surface area is 102 Å². The second kappa shape index (κ2) is 5.38. The van der Waals surface area contributed by atoms with Gasteiger partial charge in [-0.2, -0.15) is 0 Å². The number of hydrogen-bond donors (Lipinski definition) is 2. The SMILES string of the molecule is CCC(C)N(C)C(=O)NC1(C(=O)O)CCCC1. The van der Waals surface area contributed by atoms with Crippen LogP contribution >= 0.6 is 0 Å². The van der Waals surface area contributed by atoms with Crippen LogP contribution in [0.1, 0.15) is 46.0 Å². The van der Waals surface area contributed by atoms with Crippen molar-refractivity contribution in [2.24, 2.45) is 0 Å². The molecule has 0 spiro atoms. The van der Waals surface area contributed by atoms with Gasteiger partial charge in [-0.3, -0.25) is 0 Å². The first kappa shape index (κ1) is 13.8. The van der Waals surface area contributed by atoms with Gasteiger partial charge in [-0.25, -0.2) is 9.59 Å². The Morgan fingerprint density at radius 1 is 1.41 bits per heavy atom. The number of carbonyl (C=O) groups is 2. The molecule has 0 bridgehead atoms. The van der Waals surface area contributed by atoms with Crippen molar-refractivity contribution in [2.45, 2.75) is 57.5 Å². The van der Waals surface area contributed by atoms with Crippen LogP contribution in [0.2, 0.25) is 0 Å². The van der Waals surface area contributed by atoms with Crippen LogP contribution in [0.15, 0.2) is 0 Å². The average molecular weight is 242 g/mol. The van der Waals surface area contributed by atoms with Crippen molar-refractivity contribution in [1.29, 1.82) is 0 Å². The summed E-state index contributed by atoms with van der Waals surface area (Å²) in [6.07, 6.45) is 3.63. The number of nitrogens with one attached hydrogen (secondary N) is 1. The largest absolute Gasteiger partial charge is 0.480 e. The van der Waals surface area contributed by atoms with Gasteiger partial charge in [-0.15, -0.1) is 0 Å². The molecule has 5 nitrogen and oxygen atoms in total. The third-order valence-electron chi connectivity index (χ3n) is 3.79. The number of rotatable bonds is 4. The third kappa shape index (κ3) is 2.90. The summed E-state index contributed by atoms with van der Waals surface area (Å²) in [5.74, 6) is -0.916. The van der Waals surface area contributed by atoms with E-state index in [0.717, 1.165) is 19.3 Å². The van der Waals surface area contributed by atoms with Crippen LogP contribution in [0.4, 0.5) is 4.79 Å². The summed E-state index contributed by atoms with van der Waals surface area (Å²) in [5.41, 5.74) is -1.04. The number of carboxylic acids is 1. The molecule has 98 valence electrons. The standard InChI is InChI=1S/C12H22N2O3/c1-4-9(2)14(3)11(17)13-12(10(15)16)7-5-6-8-12/h9H,4-8H2,1-3H3,(H,13,17)(H,15,16). The van der Waals surface area contributed by atoms with Gasteiger partial charge >= 0.3 is 12.0 Å². The van der Waals surface area contributed by atoms with Crippen molar-refractivity contribution in [3.63, 3.8) is 0 Å². The molecule has 1 unspecified atom stereocenters. The zero-order chi connectivity index (χ0) is 13.1. The molecular formula is C12H22N2O3. The molecule has 0 saturated heterocycles. The molecule has 0 aliphatic heterocycles. The van der Waals surface area contributed by atoms with Crippen LogP contribution < -0.4 is 5.32 Å². The van der Waals surface area contributed by atoms with E-state index in [9.17, 15) is 14.7 Å². The third-order valence-corrected chi connectivity index (χ3v) is 3.79. The summed E-state index contributed by atoms with van der Waals surface area (Å²) in [7, 11) is 1.70. The summed E-state index contributed by atoms with van der Waals surface area (Å²) < 4.78 is 0. The van der Waals surface area contributed by atoms with Crippen molar-refractivity contribution in [3.05, 3.63) is 0 Å². The predicted octanol–water partition coefficient (Wildman–Crippen LogP) is 1.82. The smallest absolute Gasteiger partial charge is 0.329 e. The number of amides is 2. The summed E-state index contributed by atoms with van der Waals surface area (Å²) in [4.78, 5) is 24.8. The van der Waals surface area contributed by atoms with Crippen LogP contribution in [0.5, 0.6) is 0 Å². The Balaban J connectivity index is 2.68. The molecule has 0 radical (unpaired) electrons. The zero-order valence-corrected chi connectivity index (χ0v) is 10.8. The molecule has 0 aromatic rings.